The highest BCUT2D eigenvalue weighted by molar-refractivity contribution is 8.01. The van der Waals surface area contributed by atoms with E-state index in [1.54, 1.807) is 5.32 Å². The number of anilines is 1. The molecule has 1 aromatic carbocycles. The highest BCUT2D eigenvalue weighted by atomic mass is 32.2. The minimum Gasteiger partial charge on any atom is -0.311 e. The molecule has 0 saturated heterocycles. The van der Waals surface area contributed by atoms with Crippen molar-refractivity contribution in [3.63, 3.8) is 0 Å². The van der Waals surface area contributed by atoms with E-state index in [2.05, 4.69) is 0 Å². The van der Waals surface area contributed by atoms with Gasteiger partial charge in [0.2, 0.25) is 0 Å². The van der Waals surface area contributed by atoms with Crippen molar-refractivity contribution in [3.05, 3.63) is 29.8 Å². The maximum absolute atomic E-state index is 12.3. The second-order valence-electron chi connectivity index (χ2n) is 2.97. The Hall–Kier alpha value is -1.61. The molecule has 9 heteroatoms. The SMILES string of the molecule is O=C(Nc1cccc(C(F)(F)F)c1)S(=O)(=O)O. The molecule has 0 aliphatic rings. The van der Waals surface area contributed by atoms with E-state index in [-0.39, 0.29) is 5.69 Å². The van der Waals surface area contributed by atoms with Crippen molar-refractivity contribution >= 4 is 21.0 Å². The molecule has 1 rings (SSSR count). The number of rotatable bonds is 1. The molecular weight excluding hydrogens is 263 g/mol. The van der Waals surface area contributed by atoms with Gasteiger partial charge in [-0.25, -0.2) is 0 Å². The van der Waals surface area contributed by atoms with Crippen LogP contribution in [0.25, 0.3) is 0 Å². The van der Waals surface area contributed by atoms with Crippen molar-refractivity contribution in [2.24, 2.45) is 0 Å². The predicted molar refractivity (Wildman–Crippen MR) is 52.0 cm³/mol. The smallest absolute Gasteiger partial charge is 0.311 e. The van der Waals surface area contributed by atoms with Crippen LogP contribution < -0.4 is 5.32 Å². The summed E-state index contributed by atoms with van der Waals surface area (Å²) >= 11 is 0. The van der Waals surface area contributed by atoms with Crippen LogP contribution in [-0.2, 0) is 16.3 Å². The van der Waals surface area contributed by atoms with E-state index in [0.717, 1.165) is 18.2 Å². The van der Waals surface area contributed by atoms with Crippen LogP contribution in [0.4, 0.5) is 23.7 Å². The maximum atomic E-state index is 12.3. The van der Waals surface area contributed by atoms with E-state index >= 15 is 0 Å². The van der Waals surface area contributed by atoms with Gasteiger partial charge in [-0.15, -0.1) is 0 Å². The molecule has 0 unspecified atom stereocenters. The molecular formula is C8H6F3NO4S. The van der Waals surface area contributed by atoms with Crippen LogP contribution in [0.2, 0.25) is 0 Å². The molecule has 1 amide bonds. The van der Waals surface area contributed by atoms with E-state index in [9.17, 15) is 26.4 Å². The zero-order chi connectivity index (χ0) is 13.3. The third-order valence-corrected chi connectivity index (χ3v) is 2.24. The molecule has 0 fully saturated rings. The van der Waals surface area contributed by atoms with Crippen LogP contribution in [0.1, 0.15) is 5.56 Å². The summed E-state index contributed by atoms with van der Waals surface area (Å²) < 4.78 is 65.8. The quantitative estimate of drug-likeness (QED) is 0.765. The normalized spacial score (nSPS) is 12.2. The van der Waals surface area contributed by atoms with Gasteiger partial charge in [0.05, 0.1) is 5.56 Å². The van der Waals surface area contributed by atoms with Crippen LogP contribution in [0.15, 0.2) is 24.3 Å². The molecule has 2 N–H and O–H groups in total. The molecule has 0 aliphatic heterocycles. The molecule has 0 radical (unpaired) electrons. The predicted octanol–water partition coefficient (Wildman–Crippen LogP) is 2.13. The van der Waals surface area contributed by atoms with Gasteiger partial charge >= 0.3 is 21.5 Å². The summed E-state index contributed by atoms with van der Waals surface area (Å²) in [6.45, 7) is 0. The first-order valence-electron chi connectivity index (χ1n) is 4.06. The largest absolute Gasteiger partial charge is 0.416 e. The zero-order valence-electron chi connectivity index (χ0n) is 8.02. The second-order valence-corrected chi connectivity index (χ2v) is 4.29. The summed E-state index contributed by atoms with van der Waals surface area (Å²) in [6, 6.07) is 3.34. The number of halogens is 3. The third-order valence-electron chi connectivity index (χ3n) is 1.67. The highest BCUT2D eigenvalue weighted by Gasteiger charge is 2.30. The lowest BCUT2D eigenvalue weighted by Crippen LogP contribution is -2.20. The second kappa shape index (κ2) is 4.34. The maximum Gasteiger partial charge on any atom is 0.416 e. The first-order valence-corrected chi connectivity index (χ1v) is 5.50. The van der Waals surface area contributed by atoms with E-state index in [4.69, 9.17) is 4.55 Å². The highest BCUT2D eigenvalue weighted by Crippen LogP contribution is 2.30. The molecule has 0 atom stereocenters. The third kappa shape index (κ3) is 3.71. The summed E-state index contributed by atoms with van der Waals surface area (Å²) in [5.74, 6) is 0. The number of hydrogen-bond donors (Lipinski definition) is 2. The molecule has 0 spiro atoms. The first kappa shape index (κ1) is 13.5. The van der Waals surface area contributed by atoms with E-state index in [0.29, 0.717) is 6.07 Å². The van der Waals surface area contributed by atoms with E-state index in [1.165, 1.54) is 0 Å². The van der Waals surface area contributed by atoms with Crippen LogP contribution in [-0.4, -0.2) is 18.2 Å². The Morgan fingerprint density at radius 3 is 2.35 bits per heavy atom. The molecule has 0 saturated carbocycles. The van der Waals surface area contributed by atoms with Crippen molar-refractivity contribution in [2.75, 3.05) is 5.32 Å². The molecule has 1 aromatic rings. The summed E-state index contributed by atoms with van der Waals surface area (Å²) in [4.78, 5) is 10.8. The molecule has 0 aliphatic carbocycles. The molecule has 94 valence electrons. The standard InChI is InChI=1S/C8H6F3NO4S/c9-8(10,11)5-2-1-3-6(4-5)12-7(13)17(14,15)16/h1-4H,(H,12,13)(H,14,15,16). The Labute approximate surface area is 94.0 Å². The van der Waals surface area contributed by atoms with Gasteiger partial charge in [0.15, 0.2) is 0 Å². The number of carbonyl (C=O) groups excluding carboxylic acids is 1. The lowest BCUT2D eigenvalue weighted by Gasteiger charge is -2.08. The van der Waals surface area contributed by atoms with Crippen LogP contribution >= 0.6 is 0 Å². The van der Waals surface area contributed by atoms with Crippen molar-refractivity contribution in [1.82, 2.24) is 0 Å². The number of carbonyl (C=O) groups is 1. The van der Waals surface area contributed by atoms with Gasteiger partial charge in [-0.1, -0.05) is 6.07 Å². The number of amides is 1. The van der Waals surface area contributed by atoms with Crippen molar-refractivity contribution in [2.45, 2.75) is 6.18 Å². The van der Waals surface area contributed by atoms with E-state index < -0.39 is 27.1 Å². The number of alkyl halides is 3. The van der Waals surface area contributed by atoms with E-state index in [1.807, 2.05) is 0 Å². The average Bonchev–Trinajstić information content (AvgIpc) is 2.15. The van der Waals surface area contributed by atoms with Gasteiger partial charge in [-0.05, 0) is 18.2 Å². The lowest BCUT2D eigenvalue weighted by molar-refractivity contribution is -0.137. The Morgan fingerprint density at radius 1 is 1.29 bits per heavy atom. The van der Waals surface area contributed by atoms with Gasteiger partial charge < -0.3 is 5.32 Å². The molecule has 0 heterocycles. The van der Waals surface area contributed by atoms with Crippen molar-refractivity contribution in [3.8, 4) is 0 Å². The fourth-order valence-corrected chi connectivity index (χ4v) is 1.20. The fourth-order valence-electron chi connectivity index (χ4n) is 0.956. The molecule has 0 aromatic heterocycles. The zero-order valence-corrected chi connectivity index (χ0v) is 8.84. The minimum atomic E-state index is -4.98. The van der Waals surface area contributed by atoms with Gasteiger partial charge in [-0.3, -0.25) is 9.35 Å². The molecule has 0 bridgehead atoms. The topological polar surface area (TPSA) is 83.5 Å². The number of nitrogens with one attached hydrogen (secondary N) is 1. The Kier molecular flexibility index (Phi) is 3.43. The average molecular weight is 269 g/mol. The van der Waals surface area contributed by atoms with Crippen LogP contribution in [0.5, 0.6) is 0 Å². The van der Waals surface area contributed by atoms with Gasteiger partial charge in [0.1, 0.15) is 0 Å². The Balaban J connectivity index is 2.99. The Morgan fingerprint density at radius 2 is 1.88 bits per heavy atom. The summed E-state index contributed by atoms with van der Waals surface area (Å²) in [5.41, 5.74) is -1.44. The van der Waals surface area contributed by atoms with Crippen LogP contribution in [0.3, 0.4) is 0 Å². The summed E-state index contributed by atoms with van der Waals surface area (Å²) in [6.07, 6.45) is -4.61. The number of benzene rings is 1. The van der Waals surface area contributed by atoms with Crippen molar-refractivity contribution < 1.29 is 30.9 Å². The van der Waals surface area contributed by atoms with Gasteiger partial charge in [0, 0.05) is 5.69 Å². The molecule has 17 heavy (non-hydrogen) atoms. The molecule has 5 nitrogen and oxygen atoms in total. The summed E-state index contributed by atoms with van der Waals surface area (Å²) in [7, 11) is -4.98. The lowest BCUT2D eigenvalue weighted by atomic mass is 10.2. The van der Waals surface area contributed by atoms with Crippen molar-refractivity contribution in [1.29, 1.82) is 0 Å². The van der Waals surface area contributed by atoms with Crippen LogP contribution in [0, 0.1) is 0 Å². The number of hydrogen-bond acceptors (Lipinski definition) is 3. The first-order chi connectivity index (χ1) is 7.60. The monoisotopic (exact) mass is 269 g/mol. The van der Waals surface area contributed by atoms with Gasteiger partial charge in [-0.2, -0.15) is 21.6 Å². The fraction of sp³-hybridized carbons (Fsp3) is 0.125. The van der Waals surface area contributed by atoms with Gasteiger partial charge in [0.25, 0.3) is 0 Å². The summed E-state index contributed by atoms with van der Waals surface area (Å²) in [5, 5.41) is -0.177. The minimum absolute atomic E-state index is 0.387. The Bertz CT molecular complexity index is 538.